The highest BCUT2D eigenvalue weighted by Crippen LogP contribution is 2.24. The number of sulfonamides is 1. The first-order chi connectivity index (χ1) is 13.4. The number of piperidine rings is 1. The highest BCUT2D eigenvalue weighted by Gasteiger charge is 2.31. The Bertz CT molecular complexity index is 952. The molecule has 10 nitrogen and oxygen atoms in total. The third-order valence-electron chi connectivity index (χ3n) is 4.34. The molecule has 150 valence electrons. The van der Waals surface area contributed by atoms with Crippen molar-refractivity contribution in [1.82, 2.24) is 15.0 Å². The Labute approximate surface area is 163 Å². The van der Waals surface area contributed by atoms with Gasteiger partial charge < -0.3 is 15.0 Å². The summed E-state index contributed by atoms with van der Waals surface area (Å²) < 4.78 is 27.5. The van der Waals surface area contributed by atoms with E-state index < -0.39 is 16.1 Å². The molecule has 1 atom stereocenters. The molecular formula is C17H22N6O4S. The maximum atomic E-state index is 12.1. The lowest BCUT2D eigenvalue weighted by atomic mass is 10.0. The minimum atomic E-state index is -3.62. The molecule has 1 aliphatic rings. The van der Waals surface area contributed by atoms with Crippen molar-refractivity contribution in [2.45, 2.75) is 31.1 Å². The van der Waals surface area contributed by atoms with Crippen molar-refractivity contribution in [1.29, 1.82) is 0 Å². The third-order valence-corrected chi connectivity index (χ3v) is 5.08. The van der Waals surface area contributed by atoms with Gasteiger partial charge >= 0.3 is 5.97 Å². The van der Waals surface area contributed by atoms with Crippen LogP contribution in [0, 0.1) is 0 Å². The number of primary sulfonamides is 1. The fraction of sp³-hybridized carbons (Fsp3) is 0.412. The Hall–Kier alpha value is -2.79. The van der Waals surface area contributed by atoms with E-state index in [1.807, 2.05) is 4.90 Å². The molecule has 0 spiro atoms. The number of hydrogen-bond acceptors (Lipinski definition) is 9. The monoisotopic (exact) mass is 406 g/mol. The predicted octanol–water partition coefficient (Wildman–Crippen LogP) is 0.936. The van der Waals surface area contributed by atoms with E-state index in [4.69, 9.17) is 9.88 Å². The molecule has 0 aliphatic carbocycles. The minimum absolute atomic E-state index is 0.264. The zero-order valence-corrected chi connectivity index (χ0v) is 16.2. The van der Waals surface area contributed by atoms with Gasteiger partial charge in [0.05, 0.1) is 12.9 Å². The Kier molecular flexibility index (Phi) is 6.05. The Balaban J connectivity index is 1.80. The van der Waals surface area contributed by atoms with Gasteiger partial charge in [-0.1, -0.05) is 12.1 Å². The molecule has 2 heterocycles. The summed E-state index contributed by atoms with van der Waals surface area (Å²) in [5, 5.41) is 8.12. The fourth-order valence-electron chi connectivity index (χ4n) is 3.14. The van der Waals surface area contributed by atoms with Gasteiger partial charge in [0.2, 0.25) is 21.9 Å². The lowest BCUT2D eigenvalue weighted by Crippen LogP contribution is -2.46. The van der Waals surface area contributed by atoms with Gasteiger partial charge in [0.25, 0.3) is 0 Å². The van der Waals surface area contributed by atoms with Crippen molar-refractivity contribution in [2.24, 2.45) is 5.14 Å². The summed E-state index contributed by atoms with van der Waals surface area (Å²) in [5.74, 6) is 0.0880. The molecule has 0 radical (unpaired) electrons. The number of ether oxygens (including phenoxy) is 1. The second-order valence-corrected chi connectivity index (χ2v) is 8.08. The van der Waals surface area contributed by atoms with Gasteiger partial charge in [-0.3, -0.25) is 0 Å². The van der Waals surface area contributed by atoms with Crippen LogP contribution in [-0.2, 0) is 25.3 Å². The number of aromatic nitrogens is 3. The highest BCUT2D eigenvalue weighted by molar-refractivity contribution is 7.88. The Morgan fingerprint density at radius 3 is 2.93 bits per heavy atom. The molecule has 1 fully saturated rings. The van der Waals surface area contributed by atoms with Crippen LogP contribution in [0.15, 0.2) is 30.6 Å². The van der Waals surface area contributed by atoms with E-state index in [0.717, 1.165) is 12.8 Å². The summed E-state index contributed by atoms with van der Waals surface area (Å²) in [6.07, 6.45) is 3.90. The van der Waals surface area contributed by atoms with E-state index in [1.165, 1.54) is 13.4 Å². The predicted molar refractivity (Wildman–Crippen MR) is 103 cm³/mol. The highest BCUT2D eigenvalue weighted by atomic mass is 32.2. The number of benzene rings is 1. The van der Waals surface area contributed by atoms with Crippen LogP contribution in [0.4, 0.5) is 17.6 Å². The van der Waals surface area contributed by atoms with Crippen LogP contribution < -0.4 is 15.4 Å². The molecule has 0 amide bonds. The number of nitrogens with one attached hydrogen (secondary N) is 1. The molecule has 0 bridgehead atoms. The molecular weight excluding hydrogens is 384 g/mol. The quantitative estimate of drug-likeness (QED) is 0.670. The van der Waals surface area contributed by atoms with Gasteiger partial charge in [0.1, 0.15) is 12.4 Å². The summed E-state index contributed by atoms with van der Waals surface area (Å²) in [4.78, 5) is 26.6. The number of hydrogen-bond donors (Lipinski definition) is 2. The van der Waals surface area contributed by atoms with Crippen molar-refractivity contribution in [3.05, 3.63) is 36.2 Å². The topological polar surface area (TPSA) is 140 Å². The van der Waals surface area contributed by atoms with E-state index in [1.54, 1.807) is 24.3 Å². The number of anilines is 3. The van der Waals surface area contributed by atoms with Crippen LogP contribution in [0.1, 0.15) is 24.8 Å². The summed E-state index contributed by atoms with van der Waals surface area (Å²) in [5.41, 5.74) is 1.16. The first-order valence-corrected chi connectivity index (χ1v) is 10.5. The summed E-state index contributed by atoms with van der Waals surface area (Å²) in [6.45, 7) is 0.646. The molecule has 3 N–H and O–H groups in total. The zero-order valence-electron chi connectivity index (χ0n) is 15.4. The van der Waals surface area contributed by atoms with Crippen LogP contribution in [0.2, 0.25) is 0 Å². The Morgan fingerprint density at radius 2 is 2.18 bits per heavy atom. The molecule has 3 rings (SSSR count). The van der Waals surface area contributed by atoms with Crippen molar-refractivity contribution in [3.63, 3.8) is 0 Å². The molecule has 28 heavy (non-hydrogen) atoms. The smallest absolute Gasteiger partial charge is 0.328 e. The largest absolute Gasteiger partial charge is 0.467 e. The molecule has 1 saturated heterocycles. The Morgan fingerprint density at radius 1 is 1.36 bits per heavy atom. The SMILES string of the molecule is COC(=O)[C@H]1CCCCN1c1ncnc(Nc2cccc(CS(N)(=O)=O)c2)n1. The molecule has 11 heteroatoms. The fourth-order valence-corrected chi connectivity index (χ4v) is 3.78. The van der Waals surface area contributed by atoms with Gasteiger partial charge in [0.15, 0.2) is 0 Å². The molecule has 1 aromatic heterocycles. The number of nitrogens with zero attached hydrogens (tertiary/aromatic N) is 4. The van der Waals surface area contributed by atoms with E-state index in [2.05, 4.69) is 20.3 Å². The summed E-state index contributed by atoms with van der Waals surface area (Å²) in [6, 6.07) is 6.37. The van der Waals surface area contributed by atoms with Gasteiger partial charge in [-0.05, 0) is 37.0 Å². The van der Waals surface area contributed by atoms with E-state index in [9.17, 15) is 13.2 Å². The molecule has 1 aliphatic heterocycles. The van der Waals surface area contributed by atoms with Crippen LogP contribution in [0.25, 0.3) is 0 Å². The lowest BCUT2D eigenvalue weighted by molar-refractivity contribution is -0.142. The number of rotatable bonds is 6. The number of esters is 1. The van der Waals surface area contributed by atoms with Crippen LogP contribution in [-0.4, -0.2) is 49.0 Å². The van der Waals surface area contributed by atoms with Gasteiger partial charge in [0, 0.05) is 12.2 Å². The van der Waals surface area contributed by atoms with E-state index >= 15 is 0 Å². The minimum Gasteiger partial charge on any atom is -0.467 e. The van der Waals surface area contributed by atoms with Crippen LogP contribution >= 0.6 is 0 Å². The maximum Gasteiger partial charge on any atom is 0.328 e. The number of carbonyl (C=O) groups is 1. The first kappa shape index (κ1) is 20.0. The van der Waals surface area contributed by atoms with Crippen molar-refractivity contribution in [2.75, 3.05) is 23.9 Å². The molecule has 0 unspecified atom stereocenters. The second-order valence-electron chi connectivity index (χ2n) is 6.47. The van der Waals surface area contributed by atoms with Crippen molar-refractivity contribution >= 4 is 33.6 Å². The van der Waals surface area contributed by atoms with Gasteiger partial charge in [-0.15, -0.1) is 0 Å². The maximum absolute atomic E-state index is 12.1. The number of carbonyl (C=O) groups excluding carboxylic acids is 1. The average Bonchev–Trinajstić information content (AvgIpc) is 2.66. The number of methoxy groups -OCH3 is 1. The van der Waals surface area contributed by atoms with Crippen molar-refractivity contribution in [3.8, 4) is 0 Å². The van der Waals surface area contributed by atoms with E-state index in [0.29, 0.717) is 30.2 Å². The normalized spacial score (nSPS) is 17.2. The van der Waals surface area contributed by atoms with E-state index in [-0.39, 0.29) is 17.7 Å². The van der Waals surface area contributed by atoms with Crippen molar-refractivity contribution < 1.29 is 17.9 Å². The molecule has 1 aromatic carbocycles. The third kappa shape index (κ3) is 5.14. The summed E-state index contributed by atoms with van der Waals surface area (Å²) >= 11 is 0. The first-order valence-electron chi connectivity index (χ1n) is 8.75. The van der Waals surface area contributed by atoms with Gasteiger partial charge in [-0.2, -0.15) is 4.98 Å². The molecule has 0 saturated carbocycles. The number of nitrogens with two attached hydrogens (primary N) is 1. The average molecular weight is 406 g/mol. The zero-order chi connectivity index (χ0) is 20.1. The van der Waals surface area contributed by atoms with Crippen LogP contribution in [0.3, 0.4) is 0 Å². The van der Waals surface area contributed by atoms with Gasteiger partial charge in [-0.25, -0.2) is 28.3 Å². The molecule has 2 aromatic rings. The second kappa shape index (κ2) is 8.48. The lowest BCUT2D eigenvalue weighted by Gasteiger charge is -2.33. The standard InChI is InChI=1S/C17H22N6O4S/c1-27-15(24)14-7-2-3-8-23(14)17-20-11-19-16(22-17)21-13-6-4-5-12(9-13)10-28(18,25)26/h4-6,9,11,14H,2-3,7-8,10H2,1H3,(H2,18,25,26)(H,19,20,21,22)/t14-/m1/s1. The summed E-state index contributed by atoms with van der Waals surface area (Å²) in [7, 11) is -2.26. The van der Waals surface area contributed by atoms with Crippen LogP contribution in [0.5, 0.6) is 0 Å².